The predicted octanol–water partition coefficient (Wildman–Crippen LogP) is 3.70. The zero-order valence-electron chi connectivity index (χ0n) is 11.1. The summed E-state index contributed by atoms with van der Waals surface area (Å²) in [4.78, 5) is 4.06. The summed E-state index contributed by atoms with van der Waals surface area (Å²) >= 11 is 12.2. The van der Waals surface area contributed by atoms with Crippen molar-refractivity contribution in [2.45, 2.75) is 13.0 Å². The molecule has 2 rings (SSSR count). The molecule has 0 atom stereocenters. The average Bonchev–Trinajstić information content (AvgIpc) is 2.47. The summed E-state index contributed by atoms with van der Waals surface area (Å²) in [6, 6.07) is 7.09. The summed E-state index contributed by atoms with van der Waals surface area (Å²) in [7, 11) is 0. The summed E-state index contributed by atoms with van der Waals surface area (Å²) in [5.41, 5.74) is 1.46. The lowest BCUT2D eigenvalue weighted by Crippen LogP contribution is -1.98. The summed E-state index contributed by atoms with van der Waals surface area (Å²) in [5, 5.41) is 9.82. The van der Waals surface area contributed by atoms with Gasteiger partial charge in [-0.3, -0.25) is 4.98 Å². The third-order valence-electron chi connectivity index (χ3n) is 2.63. The number of hydrogen-bond donors (Lipinski definition) is 1. The van der Waals surface area contributed by atoms with E-state index < -0.39 is 0 Å². The Labute approximate surface area is 133 Å². The molecular weight excluding hydrogens is 309 g/mol. The summed E-state index contributed by atoms with van der Waals surface area (Å²) in [6.07, 6.45) is 3.67. The Morgan fingerprint density at radius 2 is 1.95 bits per heavy atom. The largest absolute Gasteiger partial charge is 0.487 e. The molecule has 0 aliphatic rings. The van der Waals surface area contributed by atoms with Gasteiger partial charge in [0.15, 0.2) is 0 Å². The molecule has 3 nitrogen and oxygen atoms in total. The quantitative estimate of drug-likeness (QED) is 0.873. The molecule has 108 valence electrons. The number of ether oxygens (including phenoxy) is 1. The molecule has 1 aromatic heterocycles. The lowest BCUT2D eigenvalue weighted by molar-refractivity contribution is 0.305. The number of aliphatic hydroxyl groups is 1. The van der Waals surface area contributed by atoms with E-state index in [0.29, 0.717) is 22.2 Å². The standard InChI is InChI=1S/C16H13Cl2NO2/c17-15-5-3-6-16(18)14(15)11-21-13-8-12(9-19-10-13)4-1-2-7-20/h3,5-6,8-10,20H,2,7,11H2. The Balaban J connectivity index is 2.07. The minimum atomic E-state index is 0.0433. The van der Waals surface area contributed by atoms with E-state index in [-0.39, 0.29) is 13.2 Å². The zero-order valence-corrected chi connectivity index (χ0v) is 12.7. The van der Waals surface area contributed by atoms with Crippen LogP contribution in [0.2, 0.25) is 10.0 Å². The Hall–Kier alpha value is -1.73. The van der Waals surface area contributed by atoms with E-state index in [0.717, 1.165) is 11.1 Å². The summed E-state index contributed by atoms with van der Waals surface area (Å²) in [5.74, 6) is 6.32. The van der Waals surface area contributed by atoms with Gasteiger partial charge in [-0.1, -0.05) is 41.1 Å². The number of nitrogens with zero attached hydrogens (tertiary/aromatic N) is 1. The lowest BCUT2D eigenvalue weighted by atomic mass is 10.2. The number of aliphatic hydroxyl groups excluding tert-OH is 1. The maximum Gasteiger partial charge on any atom is 0.139 e. The minimum Gasteiger partial charge on any atom is -0.487 e. The fourth-order valence-electron chi connectivity index (χ4n) is 1.61. The van der Waals surface area contributed by atoms with Gasteiger partial charge in [-0.15, -0.1) is 0 Å². The van der Waals surface area contributed by atoms with Crippen LogP contribution in [0, 0.1) is 11.8 Å². The number of aromatic nitrogens is 1. The van der Waals surface area contributed by atoms with Crippen LogP contribution in [0.3, 0.4) is 0 Å². The van der Waals surface area contributed by atoms with Crippen LogP contribution >= 0.6 is 23.2 Å². The number of hydrogen-bond acceptors (Lipinski definition) is 3. The highest BCUT2D eigenvalue weighted by Crippen LogP contribution is 2.25. The fourth-order valence-corrected chi connectivity index (χ4v) is 2.12. The van der Waals surface area contributed by atoms with Crippen LogP contribution < -0.4 is 4.74 Å². The van der Waals surface area contributed by atoms with Crippen molar-refractivity contribution in [3.05, 3.63) is 57.8 Å². The number of pyridine rings is 1. The minimum absolute atomic E-state index is 0.0433. The zero-order chi connectivity index (χ0) is 15.1. The van der Waals surface area contributed by atoms with Crippen molar-refractivity contribution in [2.75, 3.05) is 6.61 Å². The Kier molecular flexibility index (Phi) is 5.89. The van der Waals surface area contributed by atoms with E-state index >= 15 is 0 Å². The molecule has 0 aliphatic heterocycles. The monoisotopic (exact) mass is 321 g/mol. The van der Waals surface area contributed by atoms with Crippen LogP contribution in [-0.2, 0) is 6.61 Å². The summed E-state index contributed by atoms with van der Waals surface area (Å²) < 4.78 is 5.65. The van der Waals surface area contributed by atoms with E-state index in [1.807, 2.05) is 0 Å². The van der Waals surface area contributed by atoms with Crippen LogP contribution in [0.25, 0.3) is 0 Å². The van der Waals surface area contributed by atoms with Crippen LogP contribution in [0.5, 0.6) is 5.75 Å². The van der Waals surface area contributed by atoms with Gasteiger partial charge in [-0.25, -0.2) is 0 Å². The highest BCUT2D eigenvalue weighted by molar-refractivity contribution is 6.35. The SMILES string of the molecule is OCCC#Cc1cncc(OCc2c(Cl)cccc2Cl)c1. The van der Waals surface area contributed by atoms with Crippen LogP contribution in [-0.4, -0.2) is 16.7 Å². The van der Waals surface area contributed by atoms with Crippen LogP contribution in [0.1, 0.15) is 17.5 Å². The van der Waals surface area contributed by atoms with E-state index in [2.05, 4.69) is 16.8 Å². The normalized spacial score (nSPS) is 9.86. The van der Waals surface area contributed by atoms with Crippen LogP contribution in [0.4, 0.5) is 0 Å². The van der Waals surface area contributed by atoms with Gasteiger partial charge in [0.1, 0.15) is 12.4 Å². The van der Waals surface area contributed by atoms with Crippen molar-refractivity contribution in [3.8, 4) is 17.6 Å². The molecule has 2 aromatic rings. The summed E-state index contributed by atoms with van der Waals surface area (Å²) in [6.45, 7) is 0.301. The second-order valence-electron chi connectivity index (χ2n) is 4.17. The molecule has 1 heterocycles. The molecule has 0 spiro atoms. The molecule has 0 bridgehead atoms. The van der Waals surface area contributed by atoms with E-state index in [4.69, 9.17) is 33.0 Å². The number of halogens is 2. The van der Waals surface area contributed by atoms with Crippen molar-refractivity contribution in [2.24, 2.45) is 0 Å². The van der Waals surface area contributed by atoms with Gasteiger partial charge < -0.3 is 9.84 Å². The molecule has 21 heavy (non-hydrogen) atoms. The van der Waals surface area contributed by atoms with Crippen molar-refractivity contribution in [3.63, 3.8) is 0 Å². The first kappa shape index (κ1) is 15.7. The van der Waals surface area contributed by atoms with Crippen molar-refractivity contribution in [1.82, 2.24) is 4.98 Å². The first-order valence-corrected chi connectivity index (χ1v) is 7.07. The van der Waals surface area contributed by atoms with Gasteiger partial charge in [-0.2, -0.15) is 0 Å². The Bertz CT molecular complexity index is 657. The molecular formula is C16H13Cl2NO2. The Morgan fingerprint density at radius 1 is 1.19 bits per heavy atom. The number of benzene rings is 1. The van der Waals surface area contributed by atoms with Gasteiger partial charge >= 0.3 is 0 Å². The molecule has 0 saturated heterocycles. The van der Waals surface area contributed by atoms with Gasteiger partial charge in [0.2, 0.25) is 0 Å². The molecule has 0 unspecified atom stereocenters. The first-order chi connectivity index (χ1) is 10.2. The topological polar surface area (TPSA) is 42.4 Å². The van der Waals surface area contributed by atoms with Gasteiger partial charge in [0.25, 0.3) is 0 Å². The second kappa shape index (κ2) is 7.90. The van der Waals surface area contributed by atoms with Crippen molar-refractivity contribution < 1.29 is 9.84 Å². The second-order valence-corrected chi connectivity index (χ2v) is 4.99. The Morgan fingerprint density at radius 3 is 2.67 bits per heavy atom. The maximum absolute atomic E-state index is 8.69. The molecule has 0 aliphatic carbocycles. The van der Waals surface area contributed by atoms with E-state index in [1.165, 1.54) is 0 Å². The fraction of sp³-hybridized carbons (Fsp3) is 0.188. The lowest BCUT2D eigenvalue weighted by Gasteiger charge is -2.09. The van der Waals surface area contributed by atoms with Gasteiger partial charge in [0, 0.05) is 33.8 Å². The van der Waals surface area contributed by atoms with Gasteiger partial charge in [-0.05, 0) is 18.2 Å². The molecule has 5 heteroatoms. The van der Waals surface area contributed by atoms with Crippen LogP contribution in [0.15, 0.2) is 36.7 Å². The molecule has 0 fully saturated rings. The predicted molar refractivity (Wildman–Crippen MR) is 83.6 cm³/mol. The molecule has 0 saturated carbocycles. The highest BCUT2D eigenvalue weighted by Gasteiger charge is 2.06. The van der Waals surface area contributed by atoms with E-state index in [1.54, 1.807) is 36.7 Å². The van der Waals surface area contributed by atoms with E-state index in [9.17, 15) is 0 Å². The molecule has 0 radical (unpaired) electrons. The number of rotatable bonds is 4. The van der Waals surface area contributed by atoms with Gasteiger partial charge in [0.05, 0.1) is 12.8 Å². The first-order valence-electron chi connectivity index (χ1n) is 6.31. The third kappa shape index (κ3) is 4.64. The van der Waals surface area contributed by atoms with Crippen molar-refractivity contribution >= 4 is 23.2 Å². The van der Waals surface area contributed by atoms with Crippen molar-refractivity contribution in [1.29, 1.82) is 0 Å². The molecule has 1 aromatic carbocycles. The third-order valence-corrected chi connectivity index (χ3v) is 3.34. The molecule has 1 N–H and O–H groups in total. The average molecular weight is 322 g/mol. The molecule has 0 amide bonds. The maximum atomic E-state index is 8.69. The smallest absolute Gasteiger partial charge is 0.139 e. The highest BCUT2D eigenvalue weighted by atomic mass is 35.5.